The van der Waals surface area contributed by atoms with Crippen molar-refractivity contribution in [3.8, 4) is 0 Å². The summed E-state index contributed by atoms with van der Waals surface area (Å²) in [4.78, 5) is 12.2. The van der Waals surface area contributed by atoms with Gasteiger partial charge in [-0.25, -0.2) is 0 Å². The molecule has 0 fully saturated rings. The monoisotopic (exact) mass is 348 g/mol. The fraction of sp³-hybridized carbons (Fsp3) is 0.227. The van der Waals surface area contributed by atoms with E-state index in [1.807, 2.05) is 54.6 Å². The Morgan fingerprint density at radius 3 is 2.50 bits per heavy atom. The highest BCUT2D eigenvalue weighted by Crippen LogP contribution is 2.21. The largest absolute Gasteiger partial charge is 0.467 e. The Morgan fingerprint density at radius 2 is 1.77 bits per heavy atom. The van der Waals surface area contributed by atoms with Gasteiger partial charge in [-0.2, -0.15) is 0 Å². The van der Waals surface area contributed by atoms with Crippen LogP contribution in [0.15, 0.2) is 77.4 Å². The fourth-order valence-electron chi connectivity index (χ4n) is 2.97. The van der Waals surface area contributed by atoms with Crippen molar-refractivity contribution in [1.82, 2.24) is 10.6 Å². The summed E-state index contributed by atoms with van der Waals surface area (Å²) >= 11 is 0. The van der Waals surface area contributed by atoms with E-state index in [9.17, 15) is 4.79 Å². The van der Waals surface area contributed by atoms with E-state index in [1.165, 1.54) is 11.1 Å². The van der Waals surface area contributed by atoms with Crippen LogP contribution in [0.5, 0.6) is 0 Å². The number of carbonyl (C=O) groups is 1. The Hall–Kier alpha value is -2.85. The van der Waals surface area contributed by atoms with Crippen LogP contribution in [0.1, 0.15) is 28.5 Å². The van der Waals surface area contributed by atoms with Gasteiger partial charge < -0.3 is 9.73 Å². The molecule has 4 heteroatoms. The van der Waals surface area contributed by atoms with Crippen molar-refractivity contribution in [2.45, 2.75) is 19.4 Å². The van der Waals surface area contributed by atoms with Gasteiger partial charge in [0.15, 0.2) is 0 Å². The summed E-state index contributed by atoms with van der Waals surface area (Å²) in [5, 5.41) is 6.27. The standard InChI is InChI=1S/C22H24N2O2/c1-17-8-5-6-9-18(17)13-14-23-21(25)16-24-22(20-12-7-15-26-20)19-10-3-2-4-11-19/h2-12,15,22,24H,13-14,16H2,1H3,(H,23,25)/t22-/m0/s1. The molecule has 3 aromatic rings. The van der Waals surface area contributed by atoms with E-state index in [4.69, 9.17) is 4.42 Å². The lowest BCUT2D eigenvalue weighted by Gasteiger charge is -2.17. The predicted octanol–water partition coefficient (Wildman–Crippen LogP) is 3.63. The van der Waals surface area contributed by atoms with Crippen molar-refractivity contribution in [1.29, 1.82) is 0 Å². The van der Waals surface area contributed by atoms with Crippen molar-refractivity contribution in [2.24, 2.45) is 0 Å². The molecule has 3 rings (SSSR count). The van der Waals surface area contributed by atoms with Crippen LogP contribution in [0.4, 0.5) is 0 Å². The van der Waals surface area contributed by atoms with Gasteiger partial charge in [0.2, 0.25) is 5.91 Å². The molecule has 4 nitrogen and oxygen atoms in total. The van der Waals surface area contributed by atoms with Gasteiger partial charge in [-0.15, -0.1) is 0 Å². The average Bonchev–Trinajstić information content (AvgIpc) is 3.19. The second-order valence-corrected chi connectivity index (χ2v) is 6.27. The molecule has 0 aliphatic rings. The molecule has 0 spiro atoms. The van der Waals surface area contributed by atoms with Gasteiger partial charge in [0.25, 0.3) is 0 Å². The zero-order chi connectivity index (χ0) is 18.2. The molecule has 1 atom stereocenters. The quantitative estimate of drug-likeness (QED) is 0.654. The summed E-state index contributed by atoms with van der Waals surface area (Å²) in [5.41, 5.74) is 3.58. The second kappa shape index (κ2) is 9.02. The van der Waals surface area contributed by atoms with Crippen LogP contribution in [-0.2, 0) is 11.2 Å². The first-order valence-corrected chi connectivity index (χ1v) is 8.87. The molecule has 1 heterocycles. The van der Waals surface area contributed by atoms with Crippen LogP contribution in [-0.4, -0.2) is 19.0 Å². The molecule has 0 radical (unpaired) electrons. The number of hydrogen-bond acceptors (Lipinski definition) is 3. The molecule has 0 saturated carbocycles. The van der Waals surface area contributed by atoms with Crippen molar-refractivity contribution in [3.63, 3.8) is 0 Å². The Labute approximate surface area is 154 Å². The number of hydrogen-bond donors (Lipinski definition) is 2. The van der Waals surface area contributed by atoms with Gasteiger partial charge in [-0.3, -0.25) is 10.1 Å². The van der Waals surface area contributed by atoms with E-state index in [-0.39, 0.29) is 18.5 Å². The van der Waals surface area contributed by atoms with Gasteiger partial charge in [0.1, 0.15) is 5.76 Å². The van der Waals surface area contributed by atoms with E-state index in [1.54, 1.807) is 6.26 Å². The Morgan fingerprint density at radius 1 is 1.00 bits per heavy atom. The van der Waals surface area contributed by atoms with Gasteiger partial charge >= 0.3 is 0 Å². The first-order valence-electron chi connectivity index (χ1n) is 8.87. The van der Waals surface area contributed by atoms with Crippen LogP contribution in [0, 0.1) is 6.92 Å². The van der Waals surface area contributed by atoms with Crippen LogP contribution < -0.4 is 10.6 Å². The summed E-state index contributed by atoms with van der Waals surface area (Å²) in [6, 6.07) is 21.9. The summed E-state index contributed by atoms with van der Waals surface area (Å²) < 4.78 is 5.54. The first kappa shape index (κ1) is 18.0. The predicted molar refractivity (Wildman–Crippen MR) is 103 cm³/mol. The highest BCUT2D eigenvalue weighted by molar-refractivity contribution is 5.78. The summed E-state index contributed by atoms with van der Waals surface area (Å²) in [6.07, 6.45) is 2.48. The second-order valence-electron chi connectivity index (χ2n) is 6.27. The number of amides is 1. The molecule has 26 heavy (non-hydrogen) atoms. The average molecular weight is 348 g/mol. The van der Waals surface area contributed by atoms with Gasteiger partial charge in [-0.1, -0.05) is 54.6 Å². The Balaban J connectivity index is 1.52. The smallest absolute Gasteiger partial charge is 0.233 e. The van der Waals surface area contributed by atoms with Crippen LogP contribution >= 0.6 is 0 Å². The lowest BCUT2D eigenvalue weighted by Crippen LogP contribution is -2.37. The number of furan rings is 1. The normalized spacial score (nSPS) is 11.9. The molecule has 2 aromatic carbocycles. The summed E-state index contributed by atoms with van der Waals surface area (Å²) in [7, 11) is 0. The van der Waals surface area contributed by atoms with E-state index in [0.29, 0.717) is 6.54 Å². The minimum absolute atomic E-state index is 0.0222. The van der Waals surface area contributed by atoms with Gasteiger partial charge in [0, 0.05) is 6.54 Å². The third-order valence-electron chi connectivity index (χ3n) is 4.41. The third-order valence-corrected chi connectivity index (χ3v) is 4.41. The molecule has 134 valence electrons. The van der Waals surface area contributed by atoms with Crippen LogP contribution in [0.2, 0.25) is 0 Å². The number of nitrogens with one attached hydrogen (secondary N) is 2. The van der Waals surface area contributed by atoms with Crippen LogP contribution in [0.25, 0.3) is 0 Å². The van der Waals surface area contributed by atoms with Crippen molar-refractivity contribution >= 4 is 5.91 Å². The van der Waals surface area contributed by atoms with E-state index >= 15 is 0 Å². The Kier molecular flexibility index (Phi) is 6.23. The van der Waals surface area contributed by atoms with E-state index in [0.717, 1.165) is 17.7 Å². The molecule has 0 bridgehead atoms. The number of carbonyl (C=O) groups excluding carboxylic acids is 1. The molecule has 1 amide bonds. The van der Waals surface area contributed by atoms with E-state index < -0.39 is 0 Å². The number of benzene rings is 2. The maximum absolute atomic E-state index is 12.2. The SMILES string of the molecule is Cc1ccccc1CCNC(=O)CN[C@@H](c1ccccc1)c1ccco1. The molecule has 0 aliphatic carbocycles. The van der Waals surface area contributed by atoms with Crippen molar-refractivity contribution < 1.29 is 9.21 Å². The minimum atomic E-state index is -0.145. The lowest BCUT2D eigenvalue weighted by molar-refractivity contribution is -0.120. The zero-order valence-corrected chi connectivity index (χ0v) is 14.9. The number of rotatable bonds is 8. The van der Waals surface area contributed by atoms with E-state index in [2.05, 4.69) is 29.7 Å². The molecular weight excluding hydrogens is 324 g/mol. The third kappa shape index (κ3) is 4.83. The molecule has 0 aliphatic heterocycles. The minimum Gasteiger partial charge on any atom is -0.467 e. The van der Waals surface area contributed by atoms with Crippen molar-refractivity contribution in [2.75, 3.05) is 13.1 Å². The van der Waals surface area contributed by atoms with Crippen LogP contribution in [0.3, 0.4) is 0 Å². The number of aryl methyl sites for hydroxylation is 1. The molecule has 0 unspecified atom stereocenters. The first-order chi connectivity index (χ1) is 12.7. The van der Waals surface area contributed by atoms with Crippen molar-refractivity contribution in [3.05, 3.63) is 95.4 Å². The Bertz CT molecular complexity index is 813. The van der Waals surface area contributed by atoms with Gasteiger partial charge in [0.05, 0.1) is 18.8 Å². The van der Waals surface area contributed by atoms with Gasteiger partial charge in [-0.05, 0) is 42.2 Å². The molecular formula is C22H24N2O2. The molecule has 0 saturated heterocycles. The highest BCUT2D eigenvalue weighted by Gasteiger charge is 2.17. The lowest BCUT2D eigenvalue weighted by atomic mass is 10.0. The highest BCUT2D eigenvalue weighted by atomic mass is 16.3. The summed E-state index contributed by atoms with van der Waals surface area (Å²) in [6.45, 7) is 2.95. The molecule has 2 N–H and O–H groups in total. The maximum Gasteiger partial charge on any atom is 0.233 e. The molecule has 1 aromatic heterocycles. The zero-order valence-electron chi connectivity index (χ0n) is 14.9. The summed E-state index contributed by atoms with van der Waals surface area (Å²) in [5.74, 6) is 0.773. The fourth-order valence-corrected chi connectivity index (χ4v) is 2.97. The topological polar surface area (TPSA) is 54.3 Å². The maximum atomic E-state index is 12.2.